The highest BCUT2D eigenvalue weighted by Crippen LogP contribution is 2.27. The van der Waals surface area contributed by atoms with Crippen molar-refractivity contribution in [3.63, 3.8) is 0 Å². The van der Waals surface area contributed by atoms with E-state index in [9.17, 15) is 14.0 Å². The number of benzene rings is 3. The summed E-state index contributed by atoms with van der Waals surface area (Å²) in [6.45, 7) is 0.682. The van der Waals surface area contributed by atoms with Crippen LogP contribution in [0.25, 0.3) is 0 Å². The highest BCUT2D eigenvalue weighted by atomic mass is 19.1. The molecule has 3 aromatic carbocycles. The predicted molar refractivity (Wildman–Crippen MR) is 118 cm³/mol. The predicted octanol–water partition coefficient (Wildman–Crippen LogP) is 3.81. The number of fused-ring (bicyclic) bond motifs is 1. The number of hydrogen-bond donors (Lipinski definition) is 1. The van der Waals surface area contributed by atoms with Crippen molar-refractivity contribution in [2.75, 3.05) is 25.1 Å². The Labute approximate surface area is 185 Å². The third-order valence-electron chi connectivity index (χ3n) is 5.11. The number of carbonyl (C=O) groups is 2. The lowest BCUT2D eigenvalue weighted by Gasteiger charge is -2.20. The summed E-state index contributed by atoms with van der Waals surface area (Å²) in [6.07, 6.45) is 0.606. The third-order valence-corrected chi connectivity index (χ3v) is 5.11. The fourth-order valence-corrected chi connectivity index (χ4v) is 3.43. The van der Waals surface area contributed by atoms with Crippen molar-refractivity contribution in [1.82, 2.24) is 4.90 Å². The van der Waals surface area contributed by atoms with Crippen LogP contribution in [-0.2, 0) is 22.6 Å². The Hall–Kier alpha value is -3.87. The molecule has 3 aromatic rings. The van der Waals surface area contributed by atoms with E-state index >= 15 is 0 Å². The standard InChI is InChI=1S/C25H23FN2O4/c26-20-8-6-18(7-9-20)12-13-28-15-19-14-21(10-11-23(19)32-17-25(28)30)27-24(29)16-31-22-4-2-1-3-5-22/h1-11,14H,12-13,15-17H2,(H,27,29). The van der Waals surface area contributed by atoms with E-state index in [1.165, 1.54) is 12.1 Å². The van der Waals surface area contributed by atoms with Crippen molar-refractivity contribution >= 4 is 17.5 Å². The number of nitrogens with zero attached hydrogens (tertiary/aromatic N) is 1. The molecule has 0 radical (unpaired) electrons. The molecule has 0 unspecified atom stereocenters. The zero-order valence-electron chi connectivity index (χ0n) is 17.4. The number of ether oxygens (including phenoxy) is 2. The Morgan fingerprint density at radius 3 is 2.62 bits per heavy atom. The van der Waals surface area contributed by atoms with Gasteiger partial charge >= 0.3 is 0 Å². The van der Waals surface area contributed by atoms with Crippen LogP contribution in [0.4, 0.5) is 10.1 Å². The molecule has 0 bridgehead atoms. The lowest BCUT2D eigenvalue weighted by molar-refractivity contribution is -0.133. The summed E-state index contributed by atoms with van der Waals surface area (Å²) in [5.41, 5.74) is 2.35. The Morgan fingerprint density at radius 1 is 1.06 bits per heavy atom. The van der Waals surface area contributed by atoms with E-state index in [0.29, 0.717) is 36.7 Å². The van der Waals surface area contributed by atoms with Gasteiger partial charge in [0.05, 0.1) is 0 Å². The van der Waals surface area contributed by atoms with Crippen LogP contribution in [-0.4, -0.2) is 36.5 Å². The van der Waals surface area contributed by atoms with Gasteiger partial charge in [-0.25, -0.2) is 4.39 Å². The summed E-state index contributed by atoms with van der Waals surface area (Å²) in [7, 11) is 0. The van der Waals surface area contributed by atoms with E-state index in [1.54, 1.807) is 47.4 Å². The monoisotopic (exact) mass is 434 g/mol. The van der Waals surface area contributed by atoms with E-state index in [0.717, 1.165) is 11.1 Å². The van der Waals surface area contributed by atoms with Crippen LogP contribution < -0.4 is 14.8 Å². The molecular weight excluding hydrogens is 411 g/mol. The van der Waals surface area contributed by atoms with Crippen LogP contribution >= 0.6 is 0 Å². The molecule has 1 N–H and O–H groups in total. The van der Waals surface area contributed by atoms with Gasteiger partial charge in [0.2, 0.25) is 0 Å². The lowest BCUT2D eigenvalue weighted by Crippen LogP contribution is -2.34. The average Bonchev–Trinajstić information content (AvgIpc) is 2.96. The molecule has 164 valence electrons. The number of amides is 2. The second kappa shape index (κ2) is 9.96. The van der Waals surface area contributed by atoms with Crippen molar-refractivity contribution in [3.05, 3.63) is 89.7 Å². The minimum atomic E-state index is -0.286. The first-order valence-electron chi connectivity index (χ1n) is 10.3. The molecular formula is C25H23FN2O4. The second-order valence-electron chi connectivity index (χ2n) is 7.45. The zero-order valence-corrected chi connectivity index (χ0v) is 17.4. The Balaban J connectivity index is 1.38. The van der Waals surface area contributed by atoms with Crippen molar-refractivity contribution in [1.29, 1.82) is 0 Å². The summed E-state index contributed by atoms with van der Waals surface area (Å²) in [6, 6.07) is 20.7. The molecule has 0 fully saturated rings. The highest BCUT2D eigenvalue weighted by Gasteiger charge is 2.22. The van der Waals surface area contributed by atoms with E-state index < -0.39 is 0 Å². The van der Waals surface area contributed by atoms with Gasteiger partial charge < -0.3 is 19.7 Å². The number of anilines is 1. The Bertz CT molecular complexity index is 1090. The number of hydrogen-bond acceptors (Lipinski definition) is 4. The Kier molecular flexibility index (Phi) is 6.65. The SMILES string of the molecule is O=C(COc1ccccc1)Nc1ccc2c(c1)CN(CCc1ccc(F)cc1)C(=O)CO2. The molecule has 0 spiro atoms. The highest BCUT2D eigenvalue weighted by molar-refractivity contribution is 5.92. The molecule has 1 aliphatic heterocycles. The van der Waals surface area contributed by atoms with E-state index in [-0.39, 0.29) is 30.8 Å². The number of nitrogens with one attached hydrogen (secondary N) is 1. The summed E-state index contributed by atoms with van der Waals surface area (Å²) in [4.78, 5) is 26.5. The molecule has 0 aromatic heterocycles. The van der Waals surface area contributed by atoms with Gasteiger partial charge in [-0.2, -0.15) is 0 Å². The number of rotatable bonds is 7. The average molecular weight is 434 g/mol. The maximum absolute atomic E-state index is 13.1. The molecule has 0 saturated heterocycles. The fraction of sp³-hybridized carbons (Fsp3) is 0.200. The topological polar surface area (TPSA) is 67.9 Å². The molecule has 6 nitrogen and oxygen atoms in total. The first-order chi connectivity index (χ1) is 15.6. The molecule has 1 heterocycles. The van der Waals surface area contributed by atoms with Gasteiger partial charge in [-0.3, -0.25) is 9.59 Å². The molecule has 4 rings (SSSR count). The quantitative estimate of drug-likeness (QED) is 0.614. The third kappa shape index (κ3) is 5.63. The molecule has 0 aliphatic carbocycles. The minimum absolute atomic E-state index is 0.0486. The van der Waals surface area contributed by atoms with Crippen LogP contribution in [0.1, 0.15) is 11.1 Å². The number of halogens is 1. The van der Waals surface area contributed by atoms with Gasteiger partial charge in [0.15, 0.2) is 13.2 Å². The molecule has 1 aliphatic rings. The van der Waals surface area contributed by atoms with E-state index in [4.69, 9.17) is 9.47 Å². The molecule has 0 saturated carbocycles. The lowest BCUT2D eigenvalue weighted by atomic mass is 10.1. The van der Waals surface area contributed by atoms with E-state index in [1.807, 2.05) is 18.2 Å². The van der Waals surface area contributed by atoms with Gasteiger partial charge in [-0.1, -0.05) is 30.3 Å². The van der Waals surface area contributed by atoms with E-state index in [2.05, 4.69) is 5.32 Å². The fourth-order valence-electron chi connectivity index (χ4n) is 3.43. The smallest absolute Gasteiger partial charge is 0.262 e. The largest absolute Gasteiger partial charge is 0.484 e. The minimum Gasteiger partial charge on any atom is -0.484 e. The van der Waals surface area contributed by atoms with Crippen molar-refractivity contribution in [2.24, 2.45) is 0 Å². The van der Waals surface area contributed by atoms with Crippen LogP contribution in [0.3, 0.4) is 0 Å². The summed E-state index contributed by atoms with van der Waals surface area (Å²) < 4.78 is 24.2. The second-order valence-corrected chi connectivity index (χ2v) is 7.45. The van der Waals surface area contributed by atoms with Crippen LogP contribution in [0.5, 0.6) is 11.5 Å². The maximum Gasteiger partial charge on any atom is 0.262 e. The van der Waals surface area contributed by atoms with Crippen LogP contribution in [0.2, 0.25) is 0 Å². The van der Waals surface area contributed by atoms with Gasteiger partial charge in [-0.15, -0.1) is 0 Å². The Morgan fingerprint density at radius 2 is 1.84 bits per heavy atom. The van der Waals surface area contributed by atoms with Crippen LogP contribution in [0.15, 0.2) is 72.8 Å². The van der Waals surface area contributed by atoms with Gasteiger partial charge in [0, 0.05) is 24.3 Å². The molecule has 7 heteroatoms. The first kappa shape index (κ1) is 21.4. The van der Waals surface area contributed by atoms with Crippen molar-refractivity contribution in [2.45, 2.75) is 13.0 Å². The normalized spacial score (nSPS) is 13.0. The first-order valence-corrected chi connectivity index (χ1v) is 10.3. The summed E-state index contributed by atoms with van der Waals surface area (Å²) >= 11 is 0. The summed E-state index contributed by atoms with van der Waals surface area (Å²) in [5, 5.41) is 2.81. The van der Waals surface area contributed by atoms with Gasteiger partial charge in [-0.05, 0) is 54.4 Å². The molecule has 32 heavy (non-hydrogen) atoms. The van der Waals surface area contributed by atoms with Crippen LogP contribution in [0, 0.1) is 5.82 Å². The zero-order chi connectivity index (χ0) is 22.3. The number of para-hydroxylation sites is 1. The molecule has 0 atom stereocenters. The van der Waals surface area contributed by atoms with Crippen molar-refractivity contribution in [3.8, 4) is 11.5 Å². The maximum atomic E-state index is 13.1. The van der Waals surface area contributed by atoms with Gasteiger partial charge in [0.1, 0.15) is 17.3 Å². The summed E-state index contributed by atoms with van der Waals surface area (Å²) in [5.74, 6) is 0.540. The number of carbonyl (C=O) groups excluding carboxylic acids is 2. The van der Waals surface area contributed by atoms with Gasteiger partial charge in [0.25, 0.3) is 11.8 Å². The molecule has 2 amide bonds. The van der Waals surface area contributed by atoms with Crippen molar-refractivity contribution < 1.29 is 23.5 Å².